The molecular formula is C13H22N4OS. The highest BCUT2D eigenvalue weighted by Crippen LogP contribution is 2.22. The molecule has 1 aromatic rings. The average molecular weight is 282 g/mol. The fourth-order valence-electron chi connectivity index (χ4n) is 1.96. The first kappa shape index (κ1) is 14.4. The van der Waals surface area contributed by atoms with Crippen LogP contribution < -0.4 is 5.32 Å². The highest BCUT2D eigenvalue weighted by molar-refractivity contribution is 7.15. The largest absolute Gasteiger partial charge is 0.300 e. The third-order valence-corrected chi connectivity index (χ3v) is 4.00. The Kier molecular flexibility index (Phi) is 4.52. The van der Waals surface area contributed by atoms with Crippen molar-refractivity contribution in [2.45, 2.75) is 46.6 Å². The Hall–Kier alpha value is -1.01. The molecule has 0 aromatic carbocycles. The van der Waals surface area contributed by atoms with Crippen molar-refractivity contribution < 1.29 is 4.79 Å². The summed E-state index contributed by atoms with van der Waals surface area (Å²) in [5.74, 6) is -0.0202. The van der Waals surface area contributed by atoms with Crippen LogP contribution in [0.3, 0.4) is 0 Å². The first-order valence-electron chi connectivity index (χ1n) is 6.81. The summed E-state index contributed by atoms with van der Waals surface area (Å²) in [5, 5.41) is 12.6. The maximum Gasteiger partial charge on any atom is 0.231 e. The molecule has 1 aliphatic rings. The second-order valence-corrected chi connectivity index (χ2v) is 7.10. The number of amides is 1. The van der Waals surface area contributed by atoms with Gasteiger partial charge in [-0.25, -0.2) is 0 Å². The van der Waals surface area contributed by atoms with Crippen molar-refractivity contribution >= 4 is 22.4 Å². The summed E-state index contributed by atoms with van der Waals surface area (Å²) in [7, 11) is 0. The Balaban J connectivity index is 1.89. The zero-order chi connectivity index (χ0) is 13.9. The van der Waals surface area contributed by atoms with E-state index in [0.717, 1.165) is 24.6 Å². The number of nitrogens with zero attached hydrogens (tertiary/aromatic N) is 3. The fraction of sp³-hybridized carbons (Fsp3) is 0.769. The molecule has 1 saturated heterocycles. The summed E-state index contributed by atoms with van der Waals surface area (Å²) in [4.78, 5) is 14.3. The van der Waals surface area contributed by atoms with Gasteiger partial charge in [-0.3, -0.25) is 9.69 Å². The zero-order valence-corrected chi connectivity index (χ0v) is 12.7. The number of anilines is 1. The van der Waals surface area contributed by atoms with Gasteiger partial charge in [-0.2, -0.15) is 0 Å². The van der Waals surface area contributed by atoms with E-state index in [2.05, 4.69) is 20.4 Å². The minimum atomic E-state index is -0.404. The van der Waals surface area contributed by atoms with Crippen LogP contribution in [0.4, 0.5) is 5.13 Å². The van der Waals surface area contributed by atoms with Gasteiger partial charge < -0.3 is 5.32 Å². The third kappa shape index (κ3) is 4.24. The average Bonchev–Trinajstić information content (AvgIpc) is 2.76. The predicted molar refractivity (Wildman–Crippen MR) is 77.1 cm³/mol. The van der Waals surface area contributed by atoms with Crippen LogP contribution in [0.5, 0.6) is 0 Å². The molecule has 19 heavy (non-hydrogen) atoms. The molecule has 5 nitrogen and oxygen atoms in total. The number of likely N-dealkylation sites (tertiary alicyclic amines) is 1. The molecule has 1 aliphatic heterocycles. The van der Waals surface area contributed by atoms with Crippen molar-refractivity contribution in [2.24, 2.45) is 5.41 Å². The summed E-state index contributed by atoms with van der Waals surface area (Å²) in [6.07, 6.45) is 3.87. The number of hydrogen-bond acceptors (Lipinski definition) is 5. The molecule has 0 aliphatic carbocycles. The van der Waals surface area contributed by atoms with Crippen LogP contribution in [0, 0.1) is 5.41 Å². The van der Waals surface area contributed by atoms with Gasteiger partial charge in [0.15, 0.2) is 0 Å². The summed E-state index contributed by atoms with van der Waals surface area (Å²) in [6.45, 7) is 8.80. The van der Waals surface area contributed by atoms with E-state index in [1.807, 2.05) is 20.8 Å². The molecule has 2 rings (SSSR count). The Morgan fingerprint density at radius 2 is 1.95 bits per heavy atom. The molecule has 0 spiro atoms. The zero-order valence-electron chi connectivity index (χ0n) is 11.9. The standard InChI is InChI=1S/C13H22N4OS/c1-13(2,3)11(18)14-12-16-15-10(19-12)9-17-7-5-4-6-8-17/h4-9H2,1-3H3,(H,14,16,18). The Labute approximate surface area is 118 Å². The lowest BCUT2D eigenvalue weighted by molar-refractivity contribution is -0.123. The van der Waals surface area contributed by atoms with Crippen molar-refractivity contribution in [3.05, 3.63) is 5.01 Å². The van der Waals surface area contributed by atoms with Gasteiger partial charge in [-0.1, -0.05) is 38.5 Å². The van der Waals surface area contributed by atoms with Crippen molar-refractivity contribution in [2.75, 3.05) is 18.4 Å². The molecule has 1 N–H and O–H groups in total. The molecule has 1 fully saturated rings. The molecule has 0 radical (unpaired) electrons. The van der Waals surface area contributed by atoms with Crippen LogP contribution >= 0.6 is 11.3 Å². The monoisotopic (exact) mass is 282 g/mol. The lowest BCUT2D eigenvalue weighted by Crippen LogP contribution is -2.29. The summed E-state index contributed by atoms with van der Waals surface area (Å²) in [6, 6.07) is 0. The lowest BCUT2D eigenvalue weighted by Gasteiger charge is -2.24. The van der Waals surface area contributed by atoms with Gasteiger partial charge in [0.2, 0.25) is 11.0 Å². The second kappa shape index (κ2) is 5.96. The van der Waals surface area contributed by atoms with Gasteiger partial charge in [-0.15, -0.1) is 10.2 Å². The SMILES string of the molecule is CC(C)(C)C(=O)Nc1nnc(CN2CCCCC2)s1. The first-order valence-corrected chi connectivity index (χ1v) is 7.63. The van der Waals surface area contributed by atoms with Crippen molar-refractivity contribution in [3.63, 3.8) is 0 Å². The molecule has 0 atom stereocenters. The van der Waals surface area contributed by atoms with E-state index in [4.69, 9.17) is 0 Å². The number of piperidine rings is 1. The van der Waals surface area contributed by atoms with E-state index in [1.165, 1.54) is 30.6 Å². The second-order valence-electron chi connectivity index (χ2n) is 6.04. The fourth-order valence-corrected chi connectivity index (χ4v) is 2.74. The maximum atomic E-state index is 11.9. The molecule has 6 heteroatoms. The Bertz CT molecular complexity index is 432. The Morgan fingerprint density at radius 3 is 2.58 bits per heavy atom. The van der Waals surface area contributed by atoms with Crippen LogP contribution in [-0.4, -0.2) is 34.1 Å². The first-order chi connectivity index (χ1) is 8.95. The minimum absolute atomic E-state index is 0.0202. The van der Waals surface area contributed by atoms with Gasteiger partial charge in [0.1, 0.15) is 5.01 Å². The maximum absolute atomic E-state index is 11.9. The minimum Gasteiger partial charge on any atom is -0.300 e. The molecule has 0 bridgehead atoms. The third-order valence-electron chi connectivity index (χ3n) is 3.18. The number of aromatic nitrogens is 2. The number of nitrogens with one attached hydrogen (secondary N) is 1. The molecular weight excluding hydrogens is 260 g/mol. The van der Waals surface area contributed by atoms with E-state index < -0.39 is 5.41 Å². The van der Waals surface area contributed by atoms with Gasteiger partial charge in [0.25, 0.3) is 0 Å². The predicted octanol–water partition coefficient (Wildman–Crippen LogP) is 2.51. The summed E-state index contributed by atoms with van der Waals surface area (Å²) in [5.41, 5.74) is -0.404. The van der Waals surface area contributed by atoms with E-state index in [-0.39, 0.29) is 5.91 Å². The van der Waals surface area contributed by atoms with E-state index in [9.17, 15) is 4.79 Å². The van der Waals surface area contributed by atoms with Crippen LogP contribution in [0.1, 0.15) is 45.0 Å². The lowest BCUT2D eigenvalue weighted by atomic mass is 9.96. The topological polar surface area (TPSA) is 58.1 Å². The molecule has 2 heterocycles. The number of carbonyl (C=O) groups is 1. The van der Waals surface area contributed by atoms with Gasteiger partial charge in [0, 0.05) is 5.41 Å². The van der Waals surface area contributed by atoms with E-state index in [1.54, 1.807) is 0 Å². The molecule has 106 valence electrons. The van der Waals surface area contributed by atoms with Gasteiger partial charge >= 0.3 is 0 Å². The highest BCUT2D eigenvalue weighted by Gasteiger charge is 2.22. The Morgan fingerprint density at radius 1 is 1.26 bits per heavy atom. The molecule has 0 saturated carbocycles. The molecule has 1 aromatic heterocycles. The quantitative estimate of drug-likeness (QED) is 0.925. The summed E-state index contributed by atoms with van der Waals surface area (Å²) >= 11 is 1.48. The van der Waals surface area contributed by atoms with Gasteiger partial charge in [0.05, 0.1) is 6.54 Å². The normalized spacial score (nSPS) is 17.4. The van der Waals surface area contributed by atoms with Crippen LogP contribution in [0.25, 0.3) is 0 Å². The van der Waals surface area contributed by atoms with Crippen molar-refractivity contribution in [3.8, 4) is 0 Å². The number of hydrogen-bond donors (Lipinski definition) is 1. The van der Waals surface area contributed by atoms with Gasteiger partial charge in [-0.05, 0) is 25.9 Å². The number of carbonyl (C=O) groups excluding carboxylic acids is 1. The molecule has 0 unspecified atom stereocenters. The van der Waals surface area contributed by atoms with Crippen molar-refractivity contribution in [1.82, 2.24) is 15.1 Å². The number of rotatable bonds is 3. The molecule has 1 amide bonds. The van der Waals surface area contributed by atoms with Crippen LogP contribution in [-0.2, 0) is 11.3 Å². The smallest absolute Gasteiger partial charge is 0.231 e. The van der Waals surface area contributed by atoms with Crippen LogP contribution in [0.2, 0.25) is 0 Å². The van der Waals surface area contributed by atoms with E-state index >= 15 is 0 Å². The summed E-state index contributed by atoms with van der Waals surface area (Å²) < 4.78 is 0. The van der Waals surface area contributed by atoms with Crippen molar-refractivity contribution in [1.29, 1.82) is 0 Å². The highest BCUT2D eigenvalue weighted by atomic mass is 32.1. The van der Waals surface area contributed by atoms with E-state index in [0.29, 0.717) is 5.13 Å². The van der Waals surface area contributed by atoms with Crippen LogP contribution in [0.15, 0.2) is 0 Å².